The number of nitrogens with zero attached hydrogens (tertiary/aromatic N) is 4. The predicted octanol–water partition coefficient (Wildman–Crippen LogP) is 2.08. The fraction of sp³-hybridized carbons (Fsp3) is 0.235. The zero-order valence-electron chi connectivity index (χ0n) is 12.7. The Morgan fingerprint density at radius 2 is 2.00 bits per heavy atom. The molecule has 24 heavy (non-hydrogen) atoms. The minimum Gasteiger partial charge on any atom is -0.346 e. The largest absolute Gasteiger partial charge is 0.346 e. The van der Waals surface area contributed by atoms with Gasteiger partial charge in [0.25, 0.3) is 0 Å². The van der Waals surface area contributed by atoms with E-state index >= 15 is 0 Å². The van der Waals surface area contributed by atoms with E-state index in [1.54, 1.807) is 17.0 Å². The summed E-state index contributed by atoms with van der Waals surface area (Å²) in [5.41, 5.74) is 1.01. The predicted molar refractivity (Wildman–Crippen MR) is 82.9 cm³/mol. The van der Waals surface area contributed by atoms with Crippen LogP contribution in [0, 0.1) is 23.0 Å². The van der Waals surface area contributed by atoms with Crippen LogP contribution in [0.4, 0.5) is 14.6 Å². The van der Waals surface area contributed by atoms with E-state index < -0.39 is 11.6 Å². The standard InChI is InChI=1S/C17H14F2N4O/c18-14-3-1-12(7-15(14)19)10-23-6-5-22(11-17(23)24)16-4-2-13(8-20)9-21-16/h1-4,7,9H,5-6,10-11H2. The van der Waals surface area contributed by atoms with Crippen molar-refractivity contribution < 1.29 is 13.6 Å². The van der Waals surface area contributed by atoms with Crippen LogP contribution in [-0.4, -0.2) is 35.4 Å². The van der Waals surface area contributed by atoms with Crippen LogP contribution in [0.2, 0.25) is 0 Å². The number of piperazine rings is 1. The van der Waals surface area contributed by atoms with E-state index in [-0.39, 0.29) is 19.0 Å². The molecule has 1 aromatic heterocycles. The Morgan fingerprint density at radius 1 is 1.17 bits per heavy atom. The highest BCUT2D eigenvalue weighted by Gasteiger charge is 2.25. The molecule has 0 saturated carbocycles. The maximum atomic E-state index is 13.3. The minimum absolute atomic E-state index is 0.114. The molecular weight excluding hydrogens is 314 g/mol. The van der Waals surface area contributed by atoms with E-state index in [4.69, 9.17) is 5.26 Å². The SMILES string of the molecule is N#Cc1ccc(N2CCN(Cc3ccc(F)c(F)c3)C(=O)C2)nc1. The zero-order valence-corrected chi connectivity index (χ0v) is 12.7. The minimum atomic E-state index is -0.916. The third-order valence-electron chi connectivity index (χ3n) is 3.88. The van der Waals surface area contributed by atoms with Crippen molar-refractivity contribution in [2.24, 2.45) is 0 Å². The first-order chi connectivity index (χ1) is 11.6. The highest BCUT2D eigenvalue weighted by molar-refractivity contribution is 5.82. The van der Waals surface area contributed by atoms with Crippen molar-refractivity contribution in [2.75, 3.05) is 24.5 Å². The van der Waals surface area contributed by atoms with E-state index in [2.05, 4.69) is 4.98 Å². The fourth-order valence-electron chi connectivity index (χ4n) is 2.57. The molecule has 5 nitrogen and oxygen atoms in total. The van der Waals surface area contributed by atoms with Crippen molar-refractivity contribution in [2.45, 2.75) is 6.54 Å². The summed E-state index contributed by atoms with van der Waals surface area (Å²) in [6, 6.07) is 9.00. The third kappa shape index (κ3) is 3.33. The van der Waals surface area contributed by atoms with Crippen LogP contribution in [0.3, 0.4) is 0 Å². The molecule has 0 N–H and O–H groups in total. The van der Waals surface area contributed by atoms with Gasteiger partial charge in [0.05, 0.1) is 12.1 Å². The molecule has 0 spiro atoms. The quantitative estimate of drug-likeness (QED) is 0.865. The van der Waals surface area contributed by atoms with Crippen molar-refractivity contribution in [3.8, 4) is 6.07 Å². The number of halogens is 2. The van der Waals surface area contributed by atoms with Crippen molar-refractivity contribution in [3.05, 3.63) is 59.3 Å². The molecule has 0 unspecified atom stereocenters. The number of rotatable bonds is 3. The lowest BCUT2D eigenvalue weighted by Crippen LogP contribution is -2.50. The molecular formula is C17H14F2N4O. The molecule has 122 valence electrons. The Kier molecular flexibility index (Phi) is 4.38. The Hall–Kier alpha value is -3.01. The summed E-state index contributed by atoms with van der Waals surface area (Å²) in [4.78, 5) is 19.9. The molecule has 1 aromatic carbocycles. The van der Waals surface area contributed by atoms with E-state index in [9.17, 15) is 13.6 Å². The van der Waals surface area contributed by atoms with Gasteiger partial charge in [-0.1, -0.05) is 6.07 Å². The van der Waals surface area contributed by atoms with E-state index in [0.29, 0.717) is 30.0 Å². The van der Waals surface area contributed by atoms with Crippen LogP contribution in [0.15, 0.2) is 36.5 Å². The van der Waals surface area contributed by atoms with Crippen LogP contribution >= 0.6 is 0 Å². The number of hydrogen-bond donors (Lipinski definition) is 0. The number of pyridine rings is 1. The van der Waals surface area contributed by atoms with Gasteiger partial charge >= 0.3 is 0 Å². The summed E-state index contributed by atoms with van der Waals surface area (Å²) in [5, 5.41) is 8.78. The number of amides is 1. The maximum Gasteiger partial charge on any atom is 0.242 e. The second-order valence-corrected chi connectivity index (χ2v) is 5.50. The number of aromatic nitrogens is 1. The molecule has 1 aliphatic rings. The summed E-state index contributed by atoms with van der Waals surface area (Å²) >= 11 is 0. The van der Waals surface area contributed by atoms with Crippen LogP contribution in [0.25, 0.3) is 0 Å². The smallest absolute Gasteiger partial charge is 0.242 e. The third-order valence-corrected chi connectivity index (χ3v) is 3.88. The number of carbonyl (C=O) groups excluding carboxylic acids is 1. The van der Waals surface area contributed by atoms with Gasteiger partial charge in [0.15, 0.2) is 11.6 Å². The van der Waals surface area contributed by atoms with E-state index in [1.165, 1.54) is 12.3 Å². The Balaban J connectivity index is 1.65. The number of nitriles is 1. The summed E-state index contributed by atoms with van der Waals surface area (Å²) in [6.07, 6.45) is 1.47. The zero-order chi connectivity index (χ0) is 17.1. The van der Waals surface area contributed by atoms with Crippen molar-refractivity contribution in [1.29, 1.82) is 5.26 Å². The van der Waals surface area contributed by atoms with Gasteiger partial charge in [-0.05, 0) is 29.8 Å². The summed E-state index contributed by atoms with van der Waals surface area (Å²) in [5.74, 6) is -1.30. The second-order valence-electron chi connectivity index (χ2n) is 5.50. The summed E-state index contributed by atoms with van der Waals surface area (Å²) in [7, 11) is 0. The molecule has 1 amide bonds. The summed E-state index contributed by atoms with van der Waals surface area (Å²) < 4.78 is 26.2. The first-order valence-electron chi connectivity index (χ1n) is 7.39. The normalized spacial score (nSPS) is 14.6. The lowest BCUT2D eigenvalue weighted by atomic mass is 10.2. The number of hydrogen-bond acceptors (Lipinski definition) is 4. The van der Waals surface area contributed by atoms with Gasteiger partial charge in [-0.15, -0.1) is 0 Å². The first kappa shape index (κ1) is 15.9. The van der Waals surface area contributed by atoms with Crippen LogP contribution in [0.5, 0.6) is 0 Å². The summed E-state index contributed by atoms with van der Waals surface area (Å²) in [6.45, 7) is 1.43. The van der Waals surface area contributed by atoms with Gasteiger partial charge in [0.2, 0.25) is 5.91 Å². The monoisotopic (exact) mass is 328 g/mol. The van der Waals surface area contributed by atoms with Crippen molar-refractivity contribution in [3.63, 3.8) is 0 Å². The van der Waals surface area contributed by atoms with E-state index in [1.807, 2.05) is 11.0 Å². The Morgan fingerprint density at radius 3 is 2.62 bits per heavy atom. The lowest BCUT2D eigenvalue weighted by molar-refractivity contribution is -0.131. The Bertz CT molecular complexity index is 801. The topological polar surface area (TPSA) is 60.2 Å². The van der Waals surface area contributed by atoms with Gasteiger partial charge in [0.1, 0.15) is 11.9 Å². The molecule has 2 aromatic rings. The lowest BCUT2D eigenvalue weighted by Gasteiger charge is -2.35. The fourth-order valence-corrected chi connectivity index (χ4v) is 2.57. The van der Waals surface area contributed by atoms with Crippen molar-refractivity contribution >= 4 is 11.7 Å². The average molecular weight is 328 g/mol. The second kappa shape index (κ2) is 6.62. The highest BCUT2D eigenvalue weighted by atomic mass is 19.2. The maximum absolute atomic E-state index is 13.3. The molecule has 0 aliphatic carbocycles. The van der Waals surface area contributed by atoms with E-state index in [0.717, 1.165) is 12.1 Å². The van der Waals surface area contributed by atoms with Gasteiger partial charge in [-0.3, -0.25) is 4.79 Å². The highest BCUT2D eigenvalue weighted by Crippen LogP contribution is 2.17. The molecule has 0 atom stereocenters. The molecule has 0 bridgehead atoms. The molecule has 2 heterocycles. The number of benzene rings is 1. The molecule has 1 saturated heterocycles. The molecule has 0 radical (unpaired) electrons. The van der Waals surface area contributed by atoms with Crippen LogP contribution in [-0.2, 0) is 11.3 Å². The van der Waals surface area contributed by atoms with Crippen molar-refractivity contribution in [1.82, 2.24) is 9.88 Å². The molecule has 3 rings (SSSR count). The first-order valence-corrected chi connectivity index (χ1v) is 7.39. The number of carbonyl (C=O) groups is 1. The van der Waals surface area contributed by atoms with Gasteiger partial charge in [0, 0.05) is 25.8 Å². The Labute approximate surface area is 137 Å². The average Bonchev–Trinajstić information content (AvgIpc) is 2.60. The van der Waals surface area contributed by atoms with Gasteiger partial charge in [-0.25, -0.2) is 13.8 Å². The van der Waals surface area contributed by atoms with Crippen LogP contribution in [0.1, 0.15) is 11.1 Å². The molecule has 1 aliphatic heterocycles. The van der Waals surface area contributed by atoms with Gasteiger partial charge < -0.3 is 9.80 Å². The molecule has 1 fully saturated rings. The van der Waals surface area contributed by atoms with Crippen LogP contribution < -0.4 is 4.90 Å². The molecule has 7 heteroatoms. The van der Waals surface area contributed by atoms with Gasteiger partial charge in [-0.2, -0.15) is 5.26 Å². The number of anilines is 1.